The predicted molar refractivity (Wildman–Crippen MR) is 50.5 cm³/mol. The summed E-state index contributed by atoms with van der Waals surface area (Å²) < 4.78 is 76.5. The fourth-order valence-corrected chi connectivity index (χ4v) is 3.37. The molecular weight excluding hydrogens is 262 g/mol. The summed E-state index contributed by atoms with van der Waals surface area (Å²) >= 11 is 0. The molecule has 1 fully saturated rings. The molecule has 3 unspecified atom stereocenters. The van der Waals surface area contributed by atoms with Crippen molar-refractivity contribution >= 4 is 0 Å². The van der Waals surface area contributed by atoms with E-state index in [9.17, 15) is 26.3 Å². The number of rotatable bonds is 2. The van der Waals surface area contributed by atoms with E-state index in [2.05, 4.69) is 0 Å². The van der Waals surface area contributed by atoms with Crippen LogP contribution in [0.4, 0.5) is 26.3 Å². The van der Waals surface area contributed by atoms with Crippen molar-refractivity contribution in [3.05, 3.63) is 11.1 Å². The van der Waals surface area contributed by atoms with Crippen LogP contribution in [0.5, 0.6) is 0 Å². The maximum atomic E-state index is 12.8. The minimum Gasteiger partial charge on any atom is -0.396 e. The number of halogens is 6. The van der Waals surface area contributed by atoms with Crippen LogP contribution in [-0.4, -0.2) is 24.1 Å². The van der Waals surface area contributed by atoms with Gasteiger partial charge in [-0.1, -0.05) is 0 Å². The van der Waals surface area contributed by atoms with E-state index >= 15 is 0 Å². The molecule has 2 aliphatic carbocycles. The van der Waals surface area contributed by atoms with E-state index in [4.69, 9.17) is 5.11 Å². The van der Waals surface area contributed by atoms with Gasteiger partial charge in [0.2, 0.25) is 0 Å². The molecule has 0 radical (unpaired) electrons. The second kappa shape index (κ2) is 4.15. The molecule has 0 heterocycles. The van der Waals surface area contributed by atoms with Gasteiger partial charge in [-0.3, -0.25) is 0 Å². The highest BCUT2D eigenvalue weighted by Gasteiger charge is 2.59. The van der Waals surface area contributed by atoms with Crippen molar-refractivity contribution in [2.24, 2.45) is 17.8 Å². The summed E-state index contributed by atoms with van der Waals surface area (Å²) in [5, 5.41) is 8.75. The molecule has 0 aliphatic heterocycles. The first-order valence-corrected chi connectivity index (χ1v) is 5.65. The van der Waals surface area contributed by atoms with Gasteiger partial charge in [0.05, 0.1) is 0 Å². The molecule has 1 N–H and O–H groups in total. The highest BCUT2D eigenvalue weighted by molar-refractivity contribution is 5.36. The number of aliphatic hydroxyl groups is 1. The number of allylic oxidation sites excluding steroid dienone is 2. The highest BCUT2D eigenvalue weighted by atomic mass is 19.4. The molecule has 0 aromatic carbocycles. The van der Waals surface area contributed by atoms with Crippen molar-refractivity contribution in [2.75, 3.05) is 6.61 Å². The van der Waals surface area contributed by atoms with Crippen molar-refractivity contribution in [1.82, 2.24) is 0 Å². The molecule has 1 nitrogen and oxygen atoms in total. The van der Waals surface area contributed by atoms with Crippen LogP contribution in [0, 0.1) is 17.8 Å². The Morgan fingerprint density at radius 3 is 1.94 bits per heavy atom. The summed E-state index contributed by atoms with van der Waals surface area (Å²) in [7, 11) is 0. The predicted octanol–water partition coefficient (Wildman–Crippen LogP) is 3.45. The average molecular weight is 274 g/mol. The summed E-state index contributed by atoms with van der Waals surface area (Å²) in [5.41, 5.74) is -2.78. The van der Waals surface area contributed by atoms with Gasteiger partial charge in [0.15, 0.2) is 0 Å². The van der Waals surface area contributed by atoms with Crippen molar-refractivity contribution in [3.63, 3.8) is 0 Å². The standard InChI is InChI=1S/C11H12F6O/c12-10(13,14)8-6-3-5(1-2-18)7(4-6)9(8)11(15,16)17/h5-7,18H,1-4H2. The third-order valence-corrected chi connectivity index (χ3v) is 3.87. The van der Waals surface area contributed by atoms with Gasteiger partial charge in [-0.2, -0.15) is 26.3 Å². The Kier molecular flexibility index (Phi) is 3.16. The monoisotopic (exact) mass is 274 g/mol. The maximum absolute atomic E-state index is 12.8. The van der Waals surface area contributed by atoms with Crippen LogP contribution in [0.2, 0.25) is 0 Å². The van der Waals surface area contributed by atoms with Gasteiger partial charge in [0.25, 0.3) is 0 Å². The number of hydrogen-bond acceptors (Lipinski definition) is 1. The third kappa shape index (κ3) is 2.13. The van der Waals surface area contributed by atoms with Gasteiger partial charge < -0.3 is 5.11 Å². The molecule has 2 aliphatic rings. The first kappa shape index (κ1) is 13.7. The summed E-state index contributed by atoms with van der Waals surface area (Å²) in [5.74, 6) is -2.63. The molecule has 2 bridgehead atoms. The molecule has 0 spiro atoms. The Labute approximate surface area is 99.5 Å². The zero-order chi connectivity index (χ0) is 13.7. The largest absolute Gasteiger partial charge is 0.413 e. The third-order valence-electron chi connectivity index (χ3n) is 3.87. The van der Waals surface area contributed by atoms with Crippen LogP contribution in [0.3, 0.4) is 0 Å². The van der Waals surface area contributed by atoms with Gasteiger partial charge in [-0.15, -0.1) is 0 Å². The minimum atomic E-state index is -4.93. The second-order valence-electron chi connectivity index (χ2n) is 4.87. The van der Waals surface area contributed by atoms with Crippen LogP contribution in [0.25, 0.3) is 0 Å². The lowest BCUT2D eigenvalue weighted by atomic mass is 9.81. The summed E-state index contributed by atoms with van der Waals surface area (Å²) in [6.07, 6.45) is -9.70. The number of alkyl halides is 6. The van der Waals surface area contributed by atoms with Crippen LogP contribution >= 0.6 is 0 Å². The fraction of sp³-hybridized carbons (Fsp3) is 0.818. The molecule has 0 aromatic heterocycles. The normalized spacial score (nSPS) is 32.5. The Hall–Kier alpha value is -0.720. The van der Waals surface area contributed by atoms with Crippen molar-refractivity contribution < 1.29 is 31.4 Å². The van der Waals surface area contributed by atoms with E-state index in [-0.39, 0.29) is 25.9 Å². The lowest BCUT2D eigenvalue weighted by molar-refractivity contribution is -0.123. The maximum Gasteiger partial charge on any atom is 0.413 e. The summed E-state index contributed by atoms with van der Waals surface area (Å²) in [6, 6.07) is 0. The highest BCUT2D eigenvalue weighted by Crippen LogP contribution is 2.60. The first-order chi connectivity index (χ1) is 8.16. The van der Waals surface area contributed by atoms with Gasteiger partial charge >= 0.3 is 12.4 Å². The molecule has 0 amide bonds. The van der Waals surface area contributed by atoms with Crippen LogP contribution in [-0.2, 0) is 0 Å². The number of fused-ring (bicyclic) bond motifs is 2. The van der Waals surface area contributed by atoms with Gasteiger partial charge in [0.1, 0.15) is 0 Å². The lowest BCUT2D eigenvalue weighted by Crippen LogP contribution is -2.30. The Morgan fingerprint density at radius 1 is 0.944 bits per heavy atom. The molecule has 3 atom stereocenters. The zero-order valence-electron chi connectivity index (χ0n) is 9.28. The minimum absolute atomic E-state index is 0.0889. The zero-order valence-corrected chi connectivity index (χ0v) is 9.28. The van der Waals surface area contributed by atoms with Crippen LogP contribution < -0.4 is 0 Å². The molecule has 0 aromatic rings. The number of aliphatic hydroxyl groups excluding tert-OH is 1. The molecular formula is C11H12F6O. The summed E-state index contributed by atoms with van der Waals surface area (Å²) in [4.78, 5) is 0. The Bertz CT molecular complexity index is 367. The first-order valence-electron chi connectivity index (χ1n) is 5.65. The van der Waals surface area contributed by atoms with Gasteiger partial charge in [-0.25, -0.2) is 0 Å². The fourth-order valence-electron chi connectivity index (χ4n) is 3.37. The van der Waals surface area contributed by atoms with Crippen molar-refractivity contribution in [1.29, 1.82) is 0 Å². The number of hydrogen-bond donors (Lipinski definition) is 1. The van der Waals surface area contributed by atoms with Gasteiger partial charge in [0, 0.05) is 17.8 Å². The van der Waals surface area contributed by atoms with Gasteiger partial charge in [-0.05, 0) is 37.0 Å². The topological polar surface area (TPSA) is 20.2 Å². The Balaban J connectivity index is 2.41. The SMILES string of the molecule is OCCC1CC2CC1C(C(F)(F)F)=C2C(F)(F)F. The van der Waals surface area contributed by atoms with E-state index in [1.165, 1.54) is 0 Å². The molecule has 0 saturated heterocycles. The van der Waals surface area contributed by atoms with Crippen LogP contribution in [0.1, 0.15) is 19.3 Å². The Morgan fingerprint density at radius 2 is 1.50 bits per heavy atom. The van der Waals surface area contributed by atoms with E-state index < -0.39 is 41.3 Å². The van der Waals surface area contributed by atoms with E-state index in [1.807, 2.05) is 0 Å². The van der Waals surface area contributed by atoms with Crippen molar-refractivity contribution in [2.45, 2.75) is 31.6 Å². The quantitative estimate of drug-likeness (QED) is 0.604. The molecule has 2 rings (SSSR count). The van der Waals surface area contributed by atoms with E-state index in [0.717, 1.165) is 0 Å². The lowest BCUT2D eigenvalue weighted by Gasteiger charge is -2.29. The van der Waals surface area contributed by atoms with Crippen molar-refractivity contribution in [3.8, 4) is 0 Å². The van der Waals surface area contributed by atoms with Crippen LogP contribution in [0.15, 0.2) is 11.1 Å². The second-order valence-corrected chi connectivity index (χ2v) is 4.87. The summed E-state index contributed by atoms with van der Waals surface area (Å²) in [6.45, 7) is -0.291. The van der Waals surface area contributed by atoms with E-state index in [0.29, 0.717) is 0 Å². The molecule has 1 saturated carbocycles. The molecule has 104 valence electrons. The molecule has 18 heavy (non-hydrogen) atoms. The van der Waals surface area contributed by atoms with E-state index in [1.54, 1.807) is 0 Å². The molecule has 7 heteroatoms. The average Bonchev–Trinajstić information content (AvgIpc) is 2.71. The smallest absolute Gasteiger partial charge is 0.396 e.